The Morgan fingerprint density at radius 3 is 2.67 bits per heavy atom. The fourth-order valence-corrected chi connectivity index (χ4v) is 2.56. The summed E-state index contributed by atoms with van der Waals surface area (Å²) in [6.45, 7) is 7.30. The zero-order chi connectivity index (χ0) is 10.8. The number of aromatic nitrogens is 2. The van der Waals surface area contributed by atoms with Crippen molar-refractivity contribution in [2.75, 3.05) is 13.1 Å². The van der Waals surface area contributed by atoms with Crippen LogP contribution in [0.1, 0.15) is 19.5 Å². The summed E-state index contributed by atoms with van der Waals surface area (Å²) in [5.74, 6) is 0. The molecule has 1 aliphatic heterocycles. The van der Waals surface area contributed by atoms with Crippen LogP contribution >= 0.6 is 23.1 Å². The average molecular weight is 247 g/mol. The minimum atomic E-state index is 0.520. The Morgan fingerprint density at radius 2 is 2.13 bits per heavy atom. The number of piperazine rings is 1. The standard InChI is InChI=1S/C9H15ClN4S/c1-6-3-11-4-7(2)14(6)5-8-9(10)15-13-12-8/h6-7,11H,3-5H2,1-2H3. The van der Waals surface area contributed by atoms with E-state index in [2.05, 4.69) is 33.7 Å². The molecule has 1 N–H and O–H groups in total. The molecule has 2 unspecified atom stereocenters. The molecule has 0 bridgehead atoms. The predicted molar refractivity (Wildman–Crippen MR) is 62.3 cm³/mol. The molecule has 0 radical (unpaired) electrons. The average Bonchev–Trinajstić information content (AvgIpc) is 2.58. The topological polar surface area (TPSA) is 41.0 Å². The Bertz CT molecular complexity index is 320. The van der Waals surface area contributed by atoms with Gasteiger partial charge in [-0.1, -0.05) is 16.1 Å². The van der Waals surface area contributed by atoms with Crippen molar-refractivity contribution in [2.45, 2.75) is 32.5 Å². The quantitative estimate of drug-likeness (QED) is 0.856. The molecule has 1 aromatic rings. The number of nitrogens with zero attached hydrogens (tertiary/aromatic N) is 3. The Labute approximate surface area is 98.8 Å². The zero-order valence-corrected chi connectivity index (χ0v) is 10.5. The Hall–Kier alpha value is -0.230. The molecule has 0 saturated carbocycles. The van der Waals surface area contributed by atoms with Crippen LogP contribution in [0.3, 0.4) is 0 Å². The summed E-state index contributed by atoms with van der Waals surface area (Å²) in [5.41, 5.74) is 0.905. The zero-order valence-electron chi connectivity index (χ0n) is 8.90. The smallest absolute Gasteiger partial charge is 0.138 e. The summed E-state index contributed by atoms with van der Waals surface area (Å²) in [4.78, 5) is 2.42. The molecule has 1 fully saturated rings. The third kappa shape index (κ3) is 2.47. The normalized spacial score (nSPS) is 28.2. The van der Waals surface area contributed by atoms with Gasteiger partial charge in [-0.05, 0) is 13.8 Å². The van der Waals surface area contributed by atoms with Crippen LogP contribution in [0.15, 0.2) is 0 Å². The first kappa shape index (κ1) is 11.3. The van der Waals surface area contributed by atoms with Gasteiger partial charge in [-0.25, -0.2) is 0 Å². The van der Waals surface area contributed by atoms with Crippen LogP contribution in [0.5, 0.6) is 0 Å². The highest BCUT2D eigenvalue weighted by atomic mass is 35.5. The third-order valence-electron chi connectivity index (χ3n) is 2.85. The summed E-state index contributed by atoms with van der Waals surface area (Å²) in [6, 6.07) is 1.04. The molecule has 0 aliphatic carbocycles. The summed E-state index contributed by atoms with van der Waals surface area (Å²) in [5, 5.41) is 7.45. The lowest BCUT2D eigenvalue weighted by Gasteiger charge is -2.38. The molecule has 1 saturated heterocycles. The van der Waals surface area contributed by atoms with Gasteiger partial charge in [-0.2, -0.15) is 0 Å². The van der Waals surface area contributed by atoms with E-state index in [1.54, 1.807) is 0 Å². The van der Waals surface area contributed by atoms with Crippen LogP contribution in [0.4, 0.5) is 0 Å². The molecule has 84 valence electrons. The monoisotopic (exact) mass is 246 g/mol. The molecule has 2 atom stereocenters. The fourth-order valence-electron chi connectivity index (χ4n) is 1.95. The first-order valence-corrected chi connectivity index (χ1v) is 6.27. The maximum Gasteiger partial charge on any atom is 0.138 e. The molecule has 6 heteroatoms. The van der Waals surface area contributed by atoms with Crippen molar-refractivity contribution in [3.8, 4) is 0 Å². The summed E-state index contributed by atoms with van der Waals surface area (Å²) in [6.07, 6.45) is 0. The van der Waals surface area contributed by atoms with Gasteiger partial charge in [0.15, 0.2) is 0 Å². The summed E-state index contributed by atoms with van der Waals surface area (Å²) < 4.78 is 4.57. The highest BCUT2D eigenvalue weighted by molar-refractivity contribution is 7.10. The first-order valence-electron chi connectivity index (χ1n) is 5.11. The van der Waals surface area contributed by atoms with Crippen molar-refractivity contribution in [2.24, 2.45) is 0 Å². The summed E-state index contributed by atoms with van der Waals surface area (Å²) in [7, 11) is 0. The van der Waals surface area contributed by atoms with Gasteiger partial charge in [-0.3, -0.25) is 4.90 Å². The van der Waals surface area contributed by atoms with Crippen molar-refractivity contribution in [3.05, 3.63) is 10.0 Å². The second-order valence-electron chi connectivity index (χ2n) is 4.02. The van der Waals surface area contributed by atoms with Crippen molar-refractivity contribution in [1.82, 2.24) is 19.8 Å². The molecule has 0 amide bonds. The SMILES string of the molecule is CC1CNCC(C)N1Cc1nnsc1Cl. The van der Waals surface area contributed by atoms with Crippen LogP contribution in [-0.2, 0) is 6.54 Å². The lowest BCUT2D eigenvalue weighted by molar-refractivity contribution is 0.107. The van der Waals surface area contributed by atoms with Crippen LogP contribution in [-0.4, -0.2) is 39.7 Å². The van der Waals surface area contributed by atoms with Gasteiger partial charge >= 0.3 is 0 Å². The van der Waals surface area contributed by atoms with E-state index in [4.69, 9.17) is 11.6 Å². The highest BCUT2D eigenvalue weighted by Crippen LogP contribution is 2.21. The van der Waals surface area contributed by atoms with E-state index >= 15 is 0 Å². The van der Waals surface area contributed by atoms with E-state index in [-0.39, 0.29) is 0 Å². The van der Waals surface area contributed by atoms with Crippen molar-refractivity contribution >= 4 is 23.1 Å². The van der Waals surface area contributed by atoms with Crippen molar-refractivity contribution in [1.29, 1.82) is 0 Å². The van der Waals surface area contributed by atoms with Gasteiger partial charge < -0.3 is 5.32 Å². The van der Waals surface area contributed by atoms with Crippen LogP contribution in [0, 0.1) is 0 Å². The lowest BCUT2D eigenvalue weighted by Crippen LogP contribution is -2.54. The maximum atomic E-state index is 6.01. The van der Waals surface area contributed by atoms with E-state index in [0.717, 1.165) is 25.3 Å². The molecule has 1 aliphatic rings. The van der Waals surface area contributed by atoms with E-state index in [0.29, 0.717) is 16.4 Å². The fraction of sp³-hybridized carbons (Fsp3) is 0.778. The molecule has 0 spiro atoms. The van der Waals surface area contributed by atoms with E-state index in [1.165, 1.54) is 11.5 Å². The van der Waals surface area contributed by atoms with Gasteiger partial charge in [0.25, 0.3) is 0 Å². The van der Waals surface area contributed by atoms with Gasteiger partial charge in [-0.15, -0.1) is 5.10 Å². The third-order valence-corrected chi connectivity index (χ3v) is 3.84. The van der Waals surface area contributed by atoms with E-state index < -0.39 is 0 Å². The number of hydrogen-bond donors (Lipinski definition) is 1. The van der Waals surface area contributed by atoms with Crippen molar-refractivity contribution in [3.63, 3.8) is 0 Å². The highest BCUT2D eigenvalue weighted by Gasteiger charge is 2.25. The van der Waals surface area contributed by atoms with Crippen LogP contribution in [0.2, 0.25) is 4.34 Å². The molecular weight excluding hydrogens is 232 g/mol. The second-order valence-corrected chi connectivity index (χ2v) is 5.38. The van der Waals surface area contributed by atoms with Gasteiger partial charge in [0.1, 0.15) is 10.0 Å². The largest absolute Gasteiger partial charge is 0.314 e. The van der Waals surface area contributed by atoms with Crippen LogP contribution < -0.4 is 5.32 Å². The number of nitrogens with one attached hydrogen (secondary N) is 1. The Morgan fingerprint density at radius 1 is 1.47 bits per heavy atom. The van der Waals surface area contributed by atoms with E-state index in [9.17, 15) is 0 Å². The van der Waals surface area contributed by atoms with Gasteiger partial charge in [0.05, 0.1) is 0 Å². The minimum Gasteiger partial charge on any atom is -0.314 e. The molecule has 2 heterocycles. The Kier molecular flexibility index (Phi) is 3.56. The van der Waals surface area contributed by atoms with Gasteiger partial charge in [0.2, 0.25) is 0 Å². The predicted octanol–water partition coefficient (Wildman–Crippen LogP) is 1.37. The summed E-state index contributed by atoms with van der Waals surface area (Å²) >= 11 is 7.26. The number of rotatable bonds is 2. The molecule has 0 aromatic carbocycles. The van der Waals surface area contributed by atoms with Crippen molar-refractivity contribution < 1.29 is 0 Å². The second kappa shape index (κ2) is 4.74. The van der Waals surface area contributed by atoms with Crippen LogP contribution in [0.25, 0.3) is 0 Å². The lowest BCUT2D eigenvalue weighted by atomic mass is 10.1. The molecule has 15 heavy (non-hydrogen) atoms. The van der Waals surface area contributed by atoms with Gasteiger partial charge in [0, 0.05) is 43.3 Å². The molecular formula is C9H15ClN4S. The number of halogens is 1. The Balaban J connectivity index is 2.06. The number of hydrogen-bond acceptors (Lipinski definition) is 5. The molecule has 2 rings (SSSR count). The van der Waals surface area contributed by atoms with E-state index in [1.807, 2.05) is 0 Å². The molecule has 1 aromatic heterocycles. The minimum absolute atomic E-state index is 0.520. The molecule has 4 nitrogen and oxygen atoms in total. The first-order chi connectivity index (χ1) is 7.18. The maximum absolute atomic E-state index is 6.01.